The summed E-state index contributed by atoms with van der Waals surface area (Å²) in [5, 5.41) is 6.16. The zero-order valence-electron chi connectivity index (χ0n) is 24.4. The zero-order valence-corrected chi connectivity index (χ0v) is 24.4. The normalized spacial score (nSPS) is 19.3. The number of methoxy groups -OCH3 is 2. The lowest BCUT2D eigenvalue weighted by atomic mass is 9.82. The van der Waals surface area contributed by atoms with Gasteiger partial charge in [-0.15, -0.1) is 0 Å². The second-order valence-electron chi connectivity index (χ2n) is 11.5. The maximum Gasteiger partial charge on any atom is 0.253 e. The number of ether oxygens (including phenoxy) is 2. The summed E-state index contributed by atoms with van der Waals surface area (Å²) in [7, 11) is 3.18. The third-order valence-electron chi connectivity index (χ3n) is 8.15. The van der Waals surface area contributed by atoms with Gasteiger partial charge in [-0.25, -0.2) is 5.01 Å². The molecular weight excluding hydrogens is 522 g/mol. The highest BCUT2D eigenvalue weighted by atomic mass is 16.5. The second-order valence-corrected chi connectivity index (χ2v) is 11.5. The Morgan fingerprint density at radius 2 is 1.51 bits per heavy atom. The number of benzene rings is 2. The van der Waals surface area contributed by atoms with Crippen LogP contribution in [-0.2, 0) is 9.59 Å². The van der Waals surface area contributed by atoms with E-state index in [1.165, 1.54) is 5.01 Å². The van der Waals surface area contributed by atoms with Crippen molar-refractivity contribution in [2.75, 3.05) is 65.0 Å². The van der Waals surface area contributed by atoms with Gasteiger partial charge in [0.25, 0.3) is 11.8 Å². The third kappa shape index (κ3) is 6.07. The van der Waals surface area contributed by atoms with E-state index in [0.717, 1.165) is 37.2 Å². The molecule has 0 saturated carbocycles. The van der Waals surface area contributed by atoms with Gasteiger partial charge in [0.15, 0.2) is 11.5 Å². The highest BCUT2D eigenvalue weighted by Gasteiger charge is 2.39. The molecule has 0 aliphatic carbocycles. The van der Waals surface area contributed by atoms with Gasteiger partial charge in [-0.05, 0) is 55.3 Å². The maximum atomic E-state index is 13.4. The molecule has 0 spiro atoms. The minimum absolute atomic E-state index is 0.0538. The molecule has 2 aromatic rings. The van der Waals surface area contributed by atoms with Crippen molar-refractivity contribution in [2.24, 2.45) is 10.5 Å². The van der Waals surface area contributed by atoms with E-state index in [-0.39, 0.29) is 17.7 Å². The first-order valence-electron chi connectivity index (χ1n) is 14.2. The SMILES string of the molecule is COc1ccc(C2=NN(c3ccc(C(=O)N4CCN(CC(=O)N5CCCC5)CC4)cc3)C(=O)C(C)(C)C2)cc1OC. The van der Waals surface area contributed by atoms with Crippen LogP contribution in [-0.4, -0.2) is 98.2 Å². The average Bonchev–Trinajstić information content (AvgIpc) is 3.54. The van der Waals surface area contributed by atoms with E-state index in [2.05, 4.69) is 4.90 Å². The van der Waals surface area contributed by atoms with Crippen molar-refractivity contribution in [3.8, 4) is 11.5 Å². The molecule has 0 aromatic heterocycles. The number of amides is 3. The topological polar surface area (TPSA) is 95.0 Å². The van der Waals surface area contributed by atoms with E-state index in [1.54, 1.807) is 38.5 Å². The van der Waals surface area contributed by atoms with Crippen molar-refractivity contribution in [2.45, 2.75) is 33.1 Å². The van der Waals surface area contributed by atoms with Crippen molar-refractivity contribution >= 4 is 29.1 Å². The summed E-state index contributed by atoms with van der Waals surface area (Å²) in [6.45, 7) is 8.46. The largest absolute Gasteiger partial charge is 0.493 e. The summed E-state index contributed by atoms with van der Waals surface area (Å²) in [5.74, 6) is 1.24. The molecule has 3 heterocycles. The van der Waals surface area contributed by atoms with Crippen molar-refractivity contribution in [1.82, 2.24) is 14.7 Å². The van der Waals surface area contributed by atoms with Gasteiger partial charge in [0, 0.05) is 56.8 Å². The van der Waals surface area contributed by atoms with E-state index < -0.39 is 5.41 Å². The number of nitrogens with zero attached hydrogens (tertiary/aromatic N) is 5. The van der Waals surface area contributed by atoms with Crippen molar-refractivity contribution in [1.29, 1.82) is 0 Å². The number of rotatable bonds is 7. The van der Waals surface area contributed by atoms with Crippen LogP contribution in [0.1, 0.15) is 49.0 Å². The average molecular weight is 562 g/mol. The minimum atomic E-state index is -0.672. The standard InChI is InChI=1S/C31H39N5O5/c1-31(2)20-25(23-9-12-26(40-3)27(19-23)41-4)32-36(30(31)39)24-10-7-22(8-11-24)29(38)35-17-15-33(16-18-35)21-28(37)34-13-5-6-14-34/h7-12,19H,5-6,13-18,20-21H2,1-4H3. The Balaban J connectivity index is 1.27. The summed E-state index contributed by atoms with van der Waals surface area (Å²) < 4.78 is 10.8. The first kappa shape index (κ1) is 28.6. The van der Waals surface area contributed by atoms with E-state index >= 15 is 0 Å². The fraction of sp³-hybridized carbons (Fsp3) is 0.484. The quantitative estimate of drug-likeness (QED) is 0.515. The molecular formula is C31H39N5O5. The van der Waals surface area contributed by atoms with Gasteiger partial charge in [0.05, 0.1) is 37.6 Å². The molecule has 0 unspecified atom stereocenters. The van der Waals surface area contributed by atoms with Crippen LogP contribution in [0.25, 0.3) is 0 Å². The van der Waals surface area contributed by atoms with Crippen LogP contribution >= 0.6 is 0 Å². The second kappa shape index (κ2) is 11.9. The van der Waals surface area contributed by atoms with E-state index in [9.17, 15) is 14.4 Å². The monoisotopic (exact) mass is 561 g/mol. The number of hydrogen-bond donors (Lipinski definition) is 0. The van der Waals surface area contributed by atoms with Gasteiger partial charge in [-0.1, -0.05) is 13.8 Å². The zero-order chi connectivity index (χ0) is 29.1. The molecule has 3 aliphatic heterocycles. The first-order valence-corrected chi connectivity index (χ1v) is 14.2. The maximum absolute atomic E-state index is 13.4. The van der Waals surface area contributed by atoms with Gasteiger partial charge < -0.3 is 19.3 Å². The van der Waals surface area contributed by atoms with Gasteiger partial charge in [-0.3, -0.25) is 19.3 Å². The third-order valence-corrected chi connectivity index (χ3v) is 8.15. The number of carbonyl (C=O) groups excluding carboxylic acids is 3. The number of piperazine rings is 1. The first-order chi connectivity index (χ1) is 19.7. The minimum Gasteiger partial charge on any atom is -0.493 e. The fourth-order valence-electron chi connectivity index (χ4n) is 5.63. The highest BCUT2D eigenvalue weighted by molar-refractivity contribution is 6.11. The molecule has 0 atom stereocenters. The van der Waals surface area contributed by atoms with E-state index in [4.69, 9.17) is 14.6 Å². The van der Waals surface area contributed by atoms with Crippen molar-refractivity contribution < 1.29 is 23.9 Å². The molecule has 0 N–H and O–H groups in total. The molecule has 10 heteroatoms. The van der Waals surface area contributed by atoms with Gasteiger partial charge in [0.2, 0.25) is 5.91 Å². The molecule has 5 rings (SSSR count). The molecule has 0 radical (unpaired) electrons. The fourth-order valence-corrected chi connectivity index (χ4v) is 5.63. The molecule has 0 bridgehead atoms. The number of anilines is 1. The molecule has 2 saturated heterocycles. The Kier molecular flexibility index (Phi) is 8.30. The lowest BCUT2D eigenvalue weighted by Crippen LogP contribution is -2.51. The van der Waals surface area contributed by atoms with Crippen LogP contribution in [0, 0.1) is 5.41 Å². The number of carbonyl (C=O) groups is 3. The van der Waals surface area contributed by atoms with Crippen LogP contribution in [0.3, 0.4) is 0 Å². The predicted octanol–water partition coefficient (Wildman–Crippen LogP) is 3.25. The number of hydrogen-bond acceptors (Lipinski definition) is 7. The van der Waals surface area contributed by atoms with Crippen LogP contribution in [0.4, 0.5) is 5.69 Å². The number of hydrazone groups is 1. The molecule has 3 amide bonds. The molecule has 10 nitrogen and oxygen atoms in total. The molecule has 2 aromatic carbocycles. The predicted molar refractivity (Wildman–Crippen MR) is 157 cm³/mol. The Bertz CT molecular complexity index is 1320. The lowest BCUT2D eigenvalue weighted by Gasteiger charge is -2.35. The summed E-state index contributed by atoms with van der Waals surface area (Å²) >= 11 is 0. The van der Waals surface area contributed by atoms with Gasteiger partial charge >= 0.3 is 0 Å². The lowest BCUT2D eigenvalue weighted by molar-refractivity contribution is -0.131. The van der Waals surface area contributed by atoms with Crippen molar-refractivity contribution in [3.63, 3.8) is 0 Å². The summed E-state index contributed by atoms with van der Waals surface area (Å²) in [6, 6.07) is 12.7. The van der Waals surface area contributed by atoms with E-state index in [0.29, 0.717) is 61.9 Å². The summed E-state index contributed by atoms with van der Waals surface area (Å²) in [5.41, 5.74) is 2.10. The molecule has 2 fully saturated rings. The van der Waals surface area contributed by atoms with Crippen LogP contribution < -0.4 is 14.5 Å². The molecule has 218 valence electrons. The highest BCUT2D eigenvalue weighted by Crippen LogP contribution is 2.36. The molecule has 3 aliphatic rings. The molecule has 41 heavy (non-hydrogen) atoms. The Labute approximate surface area is 241 Å². The Morgan fingerprint density at radius 1 is 0.854 bits per heavy atom. The van der Waals surface area contributed by atoms with Crippen LogP contribution in [0.15, 0.2) is 47.6 Å². The Morgan fingerprint density at radius 3 is 2.15 bits per heavy atom. The smallest absolute Gasteiger partial charge is 0.253 e. The van der Waals surface area contributed by atoms with Crippen molar-refractivity contribution in [3.05, 3.63) is 53.6 Å². The summed E-state index contributed by atoms with van der Waals surface area (Å²) in [4.78, 5) is 45.0. The van der Waals surface area contributed by atoms with Crippen LogP contribution in [0.2, 0.25) is 0 Å². The number of likely N-dealkylation sites (tertiary alicyclic amines) is 1. The summed E-state index contributed by atoms with van der Waals surface area (Å²) in [6.07, 6.45) is 2.65. The Hall–Kier alpha value is -3.92. The van der Waals surface area contributed by atoms with Gasteiger partial charge in [0.1, 0.15) is 0 Å². The van der Waals surface area contributed by atoms with Gasteiger partial charge in [-0.2, -0.15) is 5.10 Å². The van der Waals surface area contributed by atoms with Crippen LogP contribution in [0.5, 0.6) is 11.5 Å². The van der Waals surface area contributed by atoms with E-state index in [1.807, 2.05) is 41.8 Å².